The van der Waals surface area contributed by atoms with E-state index in [2.05, 4.69) is 40.0 Å². The number of rotatable bonds is 3. The zero-order chi connectivity index (χ0) is 12.4. The van der Waals surface area contributed by atoms with Crippen LogP contribution in [0.5, 0.6) is 0 Å². The Kier molecular flexibility index (Phi) is 4.13. The van der Waals surface area contributed by atoms with Gasteiger partial charge in [0, 0.05) is 46.4 Å². The lowest BCUT2D eigenvalue weighted by Crippen LogP contribution is -2.48. The fourth-order valence-corrected chi connectivity index (χ4v) is 5.90. The smallest absolute Gasteiger partial charge is 0.0483 e. The highest BCUT2D eigenvalue weighted by atomic mass is 32.2. The summed E-state index contributed by atoms with van der Waals surface area (Å²) in [4.78, 5) is 4.59. The number of pyridine rings is 1. The minimum absolute atomic E-state index is 0.360. The lowest BCUT2D eigenvalue weighted by Gasteiger charge is -2.33. The van der Waals surface area contributed by atoms with Crippen LogP contribution < -0.4 is 11.3 Å². The molecule has 3 rings (SSSR count). The number of nitrogens with one attached hydrogen (secondary N) is 1. The first kappa shape index (κ1) is 12.8. The van der Waals surface area contributed by atoms with E-state index < -0.39 is 0 Å². The standard InChI is InChI=1S/C13H19N3S2/c14-16-13(11-8-17-6-7-18-11)10-4-3-9-2-1-5-15-12(9)10/h1-2,5,10-11,13,16H,3-4,6-8,14H2. The number of hydrogen-bond donors (Lipinski definition) is 2. The van der Waals surface area contributed by atoms with E-state index in [0.29, 0.717) is 17.2 Å². The van der Waals surface area contributed by atoms with Crippen molar-refractivity contribution in [1.29, 1.82) is 0 Å². The SMILES string of the molecule is NNC(C1CSCCS1)C1CCc2cccnc21. The third-order valence-electron chi connectivity index (χ3n) is 3.87. The molecule has 1 aromatic heterocycles. The van der Waals surface area contributed by atoms with Gasteiger partial charge in [-0.05, 0) is 24.5 Å². The molecule has 0 aromatic carbocycles. The van der Waals surface area contributed by atoms with Crippen molar-refractivity contribution in [1.82, 2.24) is 10.4 Å². The Labute approximate surface area is 117 Å². The van der Waals surface area contributed by atoms with E-state index in [1.54, 1.807) is 0 Å². The summed E-state index contributed by atoms with van der Waals surface area (Å²) in [6, 6.07) is 4.61. The molecule has 1 aliphatic heterocycles. The van der Waals surface area contributed by atoms with Gasteiger partial charge in [0.1, 0.15) is 0 Å². The Morgan fingerprint density at radius 2 is 2.39 bits per heavy atom. The number of aryl methyl sites for hydroxylation is 1. The van der Waals surface area contributed by atoms with Crippen molar-refractivity contribution in [3.63, 3.8) is 0 Å². The van der Waals surface area contributed by atoms with Gasteiger partial charge in [-0.1, -0.05) is 6.07 Å². The van der Waals surface area contributed by atoms with Crippen molar-refractivity contribution in [2.45, 2.75) is 30.1 Å². The van der Waals surface area contributed by atoms with Crippen molar-refractivity contribution < 1.29 is 0 Å². The Hall–Kier alpha value is -0.230. The minimum Gasteiger partial charge on any atom is -0.271 e. The van der Waals surface area contributed by atoms with Gasteiger partial charge in [-0.25, -0.2) is 0 Å². The average Bonchev–Trinajstić information content (AvgIpc) is 2.85. The maximum atomic E-state index is 5.84. The van der Waals surface area contributed by atoms with Gasteiger partial charge in [-0.3, -0.25) is 16.3 Å². The van der Waals surface area contributed by atoms with Gasteiger partial charge in [0.05, 0.1) is 0 Å². The van der Waals surface area contributed by atoms with Gasteiger partial charge in [0.2, 0.25) is 0 Å². The number of thioether (sulfide) groups is 2. The molecule has 3 nitrogen and oxygen atoms in total. The second-order valence-corrected chi connectivity index (χ2v) is 7.37. The normalized spacial score (nSPS) is 28.9. The summed E-state index contributed by atoms with van der Waals surface area (Å²) in [7, 11) is 0. The molecule has 0 bridgehead atoms. The van der Waals surface area contributed by atoms with Gasteiger partial charge >= 0.3 is 0 Å². The highest BCUT2D eigenvalue weighted by molar-refractivity contribution is 8.06. The fraction of sp³-hybridized carbons (Fsp3) is 0.615. The van der Waals surface area contributed by atoms with E-state index in [9.17, 15) is 0 Å². The molecular weight excluding hydrogens is 262 g/mol. The van der Waals surface area contributed by atoms with Crippen molar-refractivity contribution in [2.24, 2.45) is 5.84 Å². The first-order valence-corrected chi connectivity index (χ1v) is 8.70. The van der Waals surface area contributed by atoms with Crippen LogP contribution in [0.1, 0.15) is 23.6 Å². The molecular formula is C13H19N3S2. The summed E-state index contributed by atoms with van der Waals surface area (Å²) in [6.45, 7) is 0. The molecule has 2 heterocycles. The van der Waals surface area contributed by atoms with Crippen LogP contribution >= 0.6 is 23.5 Å². The van der Waals surface area contributed by atoms with Gasteiger partial charge in [-0.2, -0.15) is 23.5 Å². The highest BCUT2D eigenvalue weighted by Gasteiger charge is 2.36. The molecule has 1 aliphatic carbocycles. The predicted octanol–water partition coefficient (Wildman–Crippen LogP) is 1.79. The Morgan fingerprint density at radius 3 is 3.17 bits per heavy atom. The van der Waals surface area contributed by atoms with Crippen molar-refractivity contribution in [3.8, 4) is 0 Å². The molecule has 0 amide bonds. The number of aromatic nitrogens is 1. The van der Waals surface area contributed by atoms with Crippen molar-refractivity contribution >= 4 is 23.5 Å². The van der Waals surface area contributed by atoms with Gasteiger partial charge in [0.25, 0.3) is 0 Å². The molecule has 1 saturated heterocycles. The fourth-order valence-electron chi connectivity index (χ4n) is 2.99. The second-order valence-electron chi connectivity index (χ2n) is 4.87. The predicted molar refractivity (Wildman–Crippen MR) is 80.0 cm³/mol. The number of nitrogens with zero attached hydrogens (tertiary/aromatic N) is 1. The molecule has 0 spiro atoms. The molecule has 0 saturated carbocycles. The zero-order valence-corrected chi connectivity index (χ0v) is 12.0. The molecule has 1 fully saturated rings. The van der Waals surface area contributed by atoms with Crippen LogP contribution in [0.3, 0.4) is 0 Å². The quantitative estimate of drug-likeness (QED) is 0.653. The van der Waals surface area contributed by atoms with E-state index in [0.717, 1.165) is 6.42 Å². The maximum absolute atomic E-state index is 5.84. The Bertz CT molecular complexity index is 407. The van der Waals surface area contributed by atoms with Crippen LogP contribution in [0.2, 0.25) is 0 Å². The summed E-state index contributed by atoms with van der Waals surface area (Å²) in [6.07, 6.45) is 4.24. The first-order chi connectivity index (χ1) is 8.90. The molecule has 2 aliphatic rings. The largest absolute Gasteiger partial charge is 0.271 e. The topological polar surface area (TPSA) is 50.9 Å². The number of hydrogen-bond acceptors (Lipinski definition) is 5. The van der Waals surface area contributed by atoms with Crippen LogP contribution in [0.15, 0.2) is 18.3 Å². The van der Waals surface area contributed by atoms with E-state index in [-0.39, 0.29) is 0 Å². The van der Waals surface area contributed by atoms with E-state index in [1.165, 1.54) is 34.9 Å². The molecule has 98 valence electrons. The minimum atomic E-state index is 0.360. The van der Waals surface area contributed by atoms with Gasteiger partial charge < -0.3 is 0 Å². The van der Waals surface area contributed by atoms with Crippen LogP contribution in [0.4, 0.5) is 0 Å². The zero-order valence-electron chi connectivity index (χ0n) is 10.3. The molecule has 3 unspecified atom stereocenters. The summed E-state index contributed by atoms with van der Waals surface area (Å²) in [5.74, 6) is 10.1. The molecule has 3 atom stereocenters. The third kappa shape index (κ3) is 2.41. The lowest BCUT2D eigenvalue weighted by molar-refractivity contribution is 0.430. The number of nitrogens with two attached hydrogens (primary N) is 1. The summed E-state index contributed by atoms with van der Waals surface area (Å²) < 4.78 is 0. The maximum Gasteiger partial charge on any atom is 0.0483 e. The summed E-state index contributed by atoms with van der Waals surface area (Å²) in [5.41, 5.74) is 5.77. The lowest BCUT2D eigenvalue weighted by atomic mass is 9.95. The summed E-state index contributed by atoms with van der Waals surface area (Å²) in [5, 5.41) is 0.617. The molecule has 3 N–H and O–H groups in total. The van der Waals surface area contributed by atoms with Gasteiger partial charge in [0.15, 0.2) is 0 Å². The number of fused-ring (bicyclic) bond motifs is 1. The van der Waals surface area contributed by atoms with Crippen LogP contribution in [-0.4, -0.2) is 33.5 Å². The van der Waals surface area contributed by atoms with E-state index in [1.807, 2.05) is 12.3 Å². The number of hydrazine groups is 1. The van der Waals surface area contributed by atoms with Crippen LogP contribution in [0.25, 0.3) is 0 Å². The molecule has 18 heavy (non-hydrogen) atoms. The van der Waals surface area contributed by atoms with Crippen LogP contribution in [-0.2, 0) is 6.42 Å². The molecule has 0 radical (unpaired) electrons. The monoisotopic (exact) mass is 281 g/mol. The van der Waals surface area contributed by atoms with E-state index >= 15 is 0 Å². The van der Waals surface area contributed by atoms with Gasteiger partial charge in [-0.15, -0.1) is 0 Å². The van der Waals surface area contributed by atoms with Crippen molar-refractivity contribution in [2.75, 3.05) is 17.3 Å². The summed E-state index contributed by atoms with van der Waals surface area (Å²) >= 11 is 4.12. The third-order valence-corrected chi connectivity index (χ3v) is 6.76. The van der Waals surface area contributed by atoms with Crippen molar-refractivity contribution in [3.05, 3.63) is 29.6 Å². The average molecular weight is 281 g/mol. The molecule has 1 aromatic rings. The highest BCUT2D eigenvalue weighted by Crippen LogP contribution is 2.39. The van der Waals surface area contributed by atoms with Crippen LogP contribution in [0, 0.1) is 0 Å². The Balaban J connectivity index is 1.80. The Morgan fingerprint density at radius 1 is 1.44 bits per heavy atom. The van der Waals surface area contributed by atoms with E-state index in [4.69, 9.17) is 5.84 Å². The molecule has 5 heteroatoms. The second kappa shape index (κ2) is 5.82. The first-order valence-electron chi connectivity index (χ1n) is 6.49.